The fraction of sp³-hybridized carbons (Fsp3) is 0.120. The molecular formula is C50H40O8Si. The van der Waals surface area contributed by atoms with Gasteiger partial charge in [0, 0.05) is 55.6 Å². The molecule has 0 radical (unpaired) electrons. The molecule has 6 rings (SSSR count). The maximum absolute atomic E-state index is 15.3. The number of ketones is 8. The molecule has 0 aliphatic carbocycles. The van der Waals surface area contributed by atoms with Crippen LogP contribution < -0.4 is 10.4 Å². The van der Waals surface area contributed by atoms with Crippen molar-refractivity contribution in [3.05, 3.63) is 201 Å². The first-order chi connectivity index (χ1) is 28.2. The van der Waals surface area contributed by atoms with Crippen LogP contribution in [-0.2, 0) is 0 Å². The Labute approximate surface area is 342 Å². The first kappa shape index (κ1) is 41.5. The Hall–Kier alpha value is -7.10. The van der Waals surface area contributed by atoms with Crippen LogP contribution in [0.5, 0.6) is 0 Å². The summed E-state index contributed by atoms with van der Waals surface area (Å²) < 4.78 is 0. The van der Waals surface area contributed by atoms with E-state index in [9.17, 15) is 28.8 Å². The summed E-state index contributed by atoms with van der Waals surface area (Å²) in [6, 6.07) is 38.7. The van der Waals surface area contributed by atoms with Crippen molar-refractivity contribution < 1.29 is 38.4 Å². The highest BCUT2D eigenvalue weighted by atomic mass is 28.3. The van der Waals surface area contributed by atoms with Crippen LogP contribution in [0.25, 0.3) is 0 Å². The summed E-state index contributed by atoms with van der Waals surface area (Å²) in [4.78, 5) is 109. The van der Waals surface area contributed by atoms with Crippen LogP contribution in [-0.4, -0.2) is 54.3 Å². The van der Waals surface area contributed by atoms with Crippen LogP contribution >= 0.6 is 0 Å². The van der Waals surface area contributed by atoms with Crippen molar-refractivity contribution in [2.24, 2.45) is 0 Å². The minimum atomic E-state index is -3.82. The maximum atomic E-state index is 15.3. The number of carbonyl (C=O) groups is 8. The largest absolute Gasteiger partial charge is 0.294 e. The highest BCUT2D eigenvalue weighted by Gasteiger charge is 2.50. The van der Waals surface area contributed by atoms with E-state index >= 15 is 9.59 Å². The molecule has 0 aliphatic rings. The third-order valence-electron chi connectivity index (χ3n) is 10.8. The normalized spacial score (nSPS) is 11.2. The fourth-order valence-corrected chi connectivity index (χ4v) is 11.8. The Balaban J connectivity index is 1.60. The van der Waals surface area contributed by atoms with E-state index in [0.29, 0.717) is 10.4 Å². The molecule has 9 heteroatoms. The second-order valence-corrected chi connectivity index (χ2v) is 18.7. The predicted molar refractivity (Wildman–Crippen MR) is 229 cm³/mol. The lowest BCUT2D eigenvalue weighted by molar-refractivity contribution is 0.0877. The summed E-state index contributed by atoms with van der Waals surface area (Å²) in [6.45, 7) is 7.28. The zero-order valence-electron chi connectivity index (χ0n) is 33.2. The maximum Gasteiger partial charge on any atom is 0.193 e. The molecule has 0 spiro atoms. The molecule has 0 saturated heterocycles. The summed E-state index contributed by atoms with van der Waals surface area (Å²) in [5, 5.41) is 1.12. The molecule has 292 valence electrons. The van der Waals surface area contributed by atoms with Gasteiger partial charge in [-0.1, -0.05) is 163 Å². The fourth-order valence-electron chi connectivity index (χ4n) is 7.69. The van der Waals surface area contributed by atoms with Crippen molar-refractivity contribution >= 4 is 64.7 Å². The van der Waals surface area contributed by atoms with E-state index in [1.54, 1.807) is 121 Å². The number of hydrogen-bond donors (Lipinski definition) is 0. The van der Waals surface area contributed by atoms with Gasteiger partial charge in [-0.05, 0) is 27.7 Å². The van der Waals surface area contributed by atoms with E-state index in [4.69, 9.17) is 0 Å². The van der Waals surface area contributed by atoms with Crippen molar-refractivity contribution in [3.63, 3.8) is 0 Å². The van der Waals surface area contributed by atoms with Crippen molar-refractivity contribution in [2.45, 2.75) is 39.8 Å². The number of carbonyl (C=O) groups excluding carboxylic acids is 8. The number of Topliss-reactive ketones (excluding diaryl/α,β-unsaturated/α-hetero) is 6. The van der Waals surface area contributed by atoms with Crippen molar-refractivity contribution in [1.29, 1.82) is 0 Å². The Kier molecular flexibility index (Phi) is 12.1. The van der Waals surface area contributed by atoms with E-state index in [1.807, 2.05) is 6.55 Å². The van der Waals surface area contributed by atoms with Crippen LogP contribution in [0.15, 0.2) is 146 Å². The van der Waals surface area contributed by atoms with E-state index in [-0.39, 0.29) is 78.8 Å². The standard InChI is InChI=1S/C50H40O8Si/c1-30(51)38-14-6-10-18-42(38)46(55)34-22-26-36(27-23-34)59(5,37-28-24-35(25-29-37)47(56)43-19-11-7-15-39(43)31(2)52)50(48(57)44-20-12-8-16-40(44)32(3)53)49(58)45-21-13-9-17-41(45)33(4)54/h6-29,50H,1-5H3. The molecule has 0 amide bonds. The lowest BCUT2D eigenvalue weighted by atomic mass is 9.93. The Bertz CT molecular complexity index is 2520. The predicted octanol–water partition coefficient (Wildman–Crippen LogP) is 8.29. The van der Waals surface area contributed by atoms with Gasteiger partial charge in [-0.3, -0.25) is 38.4 Å². The van der Waals surface area contributed by atoms with Gasteiger partial charge in [-0.2, -0.15) is 0 Å². The molecule has 0 unspecified atom stereocenters. The SMILES string of the molecule is CC(=O)c1ccccc1C(=O)c1ccc([Si](C)(c2ccc(C(=O)c3ccccc3C(C)=O)cc2)C(C(=O)c2ccccc2C(C)=O)C(=O)c2ccccc2C(C)=O)cc1. The van der Waals surface area contributed by atoms with Crippen LogP contribution in [0.3, 0.4) is 0 Å². The van der Waals surface area contributed by atoms with Crippen LogP contribution in [0, 0.1) is 0 Å². The lowest BCUT2D eigenvalue weighted by Crippen LogP contribution is -2.63. The molecule has 0 aliphatic heterocycles. The quantitative estimate of drug-likeness (QED) is 0.0576. The molecule has 0 bridgehead atoms. The third kappa shape index (κ3) is 8.06. The lowest BCUT2D eigenvalue weighted by Gasteiger charge is -2.36. The molecule has 0 atom stereocenters. The Morgan fingerprint density at radius 1 is 0.339 bits per heavy atom. The highest BCUT2D eigenvalue weighted by Crippen LogP contribution is 2.34. The van der Waals surface area contributed by atoms with Crippen molar-refractivity contribution in [1.82, 2.24) is 0 Å². The molecule has 6 aromatic carbocycles. The van der Waals surface area contributed by atoms with Crippen LogP contribution in [0.4, 0.5) is 0 Å². The van der Waals surface area contributed by atoms with Crippen LogP contribution in [0.1, 0.15) is 122 Å². The summed E-state index contributed by atoms with van der Waals surface area (Å²) in [7, 11) is -3.82. The first-order valence-corrected chi connectivity index (χ1v) is 21.5. The molecule has 0 aromatic heterocycles. The first-order valence-electron chi connectivity index (χ1n) is 19.0. The van der Waals surface area contributed by atoms with Gasteiger partial charge in [0.2, 0.25) is 0 Å². The smallest absolute Gasteiger partial charge is 0.193 e. The zero-order valence-corrected chi connectivity index (χ0v) is 34.2. The molecule has 0 fully saturated rings. The van der Waals surface area contributed by atoms with Gasteiger partial charge >= 0.3 is 0 Å². The molecule has 8 nitrogen and oxygen atoms in total. The van der Waals surface area contributed by atoms with E-state index < -0.39 is 36.7 Å². The average Bonchev–Trinajstić information content (AvgIpc) is 3.25. The molecule has 0 saturated carbocycles. The molecule has 0 heterocycles. The Morgan fingerprint density at radius 3 is 0.847 bits per heavy atom. The van der Waals surface area contributed by atoms with Gasteiger partial charge in [0.25, 0.3) is 0 Å². The van der Waals surface area contributed by atoms with E-state index in [0.717, 1.165) is 0 Å². The van der Waals surface area contributed by atoms with E-state index in [1.165, 1.54) is 52.0 Å². The zero-order chi connectivity index (χ0) is 42.6. The van der Waals surface area contributed by atoms with Gasteiger partial charge in [-0.25, -0.2) is 0 Å². The molecular weight excluding hydrogens is 757 g/mol. The summed E-state index contributed by atoms with van der Waals surface area (Å²) >= 11 is 0. The number of hydrogen-bond acceptors (Lipinski definition) is 8. The molecule has 59 heavy (non-hydrogen) atoms. The van der Waals surface area contributed by atoms with Gasteiger partial charge in [0.05, 0.1) is 5.54 Å². The topological polar surface area (TPSA) is 137 Å². The number of benzene rings is 6. The number of rotatable bonds is 15. The summed E-state index contributed by atoms with van der Waals surface area (Å²) in [5.74, 6) is -3.34. The second kappa shape index (κ2) is 17.2. The summed E-state index contributed by atoms with van der Waals surface area (Å²) in [5.41, 5.74) is 0.385. The van der Waals surface area contributed by atoms with Crippen molar-refractivity contribution in [3.8, 4) is 0 Å². The average molecular weight is 797 g/mol. The molecule has 0 N–H and O–H groups in total. The minimum absolute atomic E-state index is 0.0395. The third-order valence-corrected chi connectivity index (χ3v) is 15.6. The minimum Gasteiger partial charge on any atom is -0.294 e. The monoisotopic (exact) mass is 796 g/mol. The highest BCUT2D eigenvalue weighted by molar-refractivity contribution is 7.06. The van der Waals surface area contributed by atoms with Gasteiger partial charge in [-0.15, -0.1) is 0 Å². The van der Waals surface area contributed by atoms with Gasteiger partial charge < -0.3 is 0 Å². The van der Waals surface area contributed by atoms with Crippen molar-refractivity contribution in [2.75, 3.05) is 0 Å². The van der Waals surface area contributed by atoms with E-state index in [2.05, 4.69) is 0 Å². The Morgan fingerprint density at radius 2 is 0.576 bits per heavy atom. The van der Waals surface area contributed by atoms with Gasteiger partial charge in [0.15, 0.2) is 46.3 Å². The second-order valence-electron chi connectivity index (χ2n) is 14.6. The van der Waals surface area contributed by atoms with Crippen LogP contribution in [0.2, 0.25) is 12.1 Å². The van der Waals surface area contributed by atoms with Gasteiger partial charge in [0.1, 0.15) is 8.07 Å². The summed E-state index contributed by atoms with van der Waals surface area (Å²) in [6.07, 6.45) is 0. The molecule has 6 aromatic rings.